The van der Waals surface area contributed by atoms with Crippen molar-refractivity contribution in [3.05, 3.63) is 53.3 Å². The molecule has 14 heteroatoms. The van der Waals surface area contributed by atoms with Crippen LogP contribution in [0.3, 0.4) is 0 Å². The predicted octanol–water partition coefficient (Wildman–Crippen LogP) is 4.66. The van der Waals surface area contributed by atoms with Crippen molar-refractivity contribution in [2.24, 2.45) is 13.0 Å². The van der Waals surface area contributed by atoms with E-state index in [9.17, 15) is 26.3 Å². The van der Waals surface area contributed by atoms with Crippen LogP contribution in [0.5, 0.6) is 0 Å². The van der Waals surface area contributed by atoms with Crippen LogP contribution in [-0.2, 0) is 28.6 Å². The summed E-state index contributed by atoms with van der Waals surface area (Å²) in [7, 11) is 1.98. The molecule has 2 fully saturated rings. The van der Waals surface area contributed by atoms with Crippen LogP contribution in [0.15, 0.2) is 36.7 Å². The van der Waals surface area contributed by atoms with Gasteiger partial charge in [0.05, 0.1) is 6.20 Å². The Kier molecular flexibility index (Phi) is 9.88. The Hall–Kier alpha value is -3.13. The molecule has 1 saturated carbocycles. The summed E-state index contributed by atoms with van der Waals surface area (Å²) < 4.78 is 65.4. The second kappa shape index (κ2) is 12.6. The van der Waals surface area contributed by atoms with Crippen LogP contribution < -0.4 is 5.32 Å². The number of carbonyl (C=O) groups is 2. The lowest BCUT2D eigenvalue weighted by atomic mass is 9.73. The summed E-state index contributed by atoms with van der Waals surface area (Å²) in [6.45, 7) is 4.80. The Balaban J connectivity index is 0.000000263. The lowest BCUT2D eigenvalue weighted by molar-refractivity contribution is -0.193. The molecule has 3 N–H and O–H groups in total. The third-order valence-corrected chi connectivity index (χ3v) is 7.32. The number of nitrogens with one attached hydrogen (secondary N) is 1. The van der Waals surface area contributed by atoms with E-state index in [1.54, 1.807) is 5.56 Å². The van der Waals surface area contributed by atoms with Gasteiger partial charge < -0.3 is 20.4 Å². The van der Waals surface area contributed by atoms with Crippen LogP contribution in [-0.4, -0.2) is 68.8 Å². The van der Waals surface area contributed by atoms with Gasteiger partial charge in [0.15, 0.2) is 0 Å². The SMILES string of the molecule is Cn1cc(CNC2CC3(CCN(CC4CC4)CC3)c3ccccc32)cn1.O=C(O)C(F)(F)F.O=C(O)C(F)(F)F. The molecule has 5 rings (SSSR count). The van der Waals surface area contributed by atoms with Gasteiger partial charge in [0.2, 0.25) is 0 Å². The van der Waals surface area contributed by atoms with Gasteiger partial charge in [-0.05, 0) is 67.7 Å². The van der Waals surface area contributed by atoms with Gasteiger partial charge in [-0.1, -0.05) is 24.3 Å². The van der Waals surface area contributed by atoms with Crippen molar-refractivity contribution >= 4 is 11.9 Å². The summed E-state index contributed by atoms with van der Waals surface area (Å²) in [6.07, 6.45) is 0.739. The highest BCUT2D eigenvalue weighted by atomic mass is 19.4. The molecule has 0 bridgehead atoms. The van der Waals surface area contributed by atoms with Gasteiger partial charge in [-0.3, -0.25) is 4.68 Å². The van der Waals surface area contributed by atoms with E-state index in [1.807, 2.05) is 17.9 Å². The summed E-state index contributed by atoms with van der Waals surface area (Å²) in [6, 6.07) is 9.67. The number of aliphatic carboxylic acids is 2. The van der Waals surface area contributed by atoms with Gasteiger partial charge in [0.1, 0.15) is 0 Å². The van der Waals surface area contributed by atoms with Crippen LogP contribution >= 0.6 is 0 Å². The third kappa shape index (κ3) is 8.68. The van der Waals surface area contributed by atoms with Crippen molar-refractivity contribution in [2.75, 3.05) is 19.6 Å². The van der Waals surface area contributed by atoms with Gasteiger partial charge >= 0.3 is 24.3 Å². The molecule has 8 nitrogen and oxygen atoms in total. The van der Waals surface area contributed by atoms with Crippen molar-refractivity contribution in [1.29, 1.82) is 0 Å². The number of benzene rings is 1. The minimum atomic E-state index is -5.08. The second-order valence-corrected chi connectivity index (χ2v) is 10.4. The van der Waals surface area contributed by atoms with Crippen LogP contribution in [0.2, 0.25) is 0 Å². The number of fused-ring (bicyclic) bond motifs is 2. The first-order chi connectivity index (χ1) is 18.6. The van der Waals surface area contributed by atoms with E-state index >= 15 is 0 Å². The fourth-order valence-corrected chi connectivity index (χ4v) is 5.18. The van der Waals surface area contributed by atoms with Crippen molar-refractivity contribution in [3.8, 4) is 0 Å². The predicted molar refractivity (Wildman–Crippen MR) is 131 cm³/mol. The summed E-state index contributed by atoms with van der Waals surface area (Å²) in [5.74, 6) is -4.51. The topological polar surface area (TPSA) is 108 Å². The number of likely N-dealkylation sites (tertiary alicyclic amines) is 1. The van der Waals surface area contributed by atoms with Crippen molar-refractivity contribution in [2.45, 2.75) is 62.5 Å². The first kappa shape index (κ1) is 31.4. The number of alkyl halides is 6. The summed E-state index contributed by atoms with van der Waals surface area (Å²) in [5, 5.41) is 22.4. The summed E-state index contributed by atoms with van der Waals surface area (Å²) >= 11 is 0. The molecule has 0 radical (unpaired) electrons. The smallest absolute Gasteiger partial charge is 0.475 e. The number of rotatable bonds is 5. The van der Waals surface area contributed by atoms with Gasteiger partial charge in [-0.25, -0.2) is 9.59 Å². The zero-order valence-corrected chi connectivity index (χ0v) is 21.8. The van der Waals surface area contributed by atoms with E-state index in [2.05, 4.69) is 45.8 Å². The Labute approximate surface area is 227 Å². The quantitative estimate of drug-likeness (QED) is 0.443. The first-order valence-electron chi connectivity index (χ1n) is 12.7. The zero-order chi connectivity index (χ0) is 29.7. The fraction of sp³-hybridized carbons (Fsp3) is 0.577. The first-order valence-corrected chi connectivity index (χ1v) is 12.7. The lowest BCUT2D eigenvalue weighted by Crippen LogP contribution is -2.42. The van der Waals surface area contributed by atoms with Gasteiger partial charge in [0.25, 0.3) is 0 Å². The average Bonchev–Trinajstić information content (AvgIpc) is 3.51. The van der Waals surface area contributed by atoms with E-state index in [0.29, 0.717) is 11.5 Å². The van der Waals surface area contributed by atoms with Crippen molar-refractivity contribution < 1.29 is 46.1 Å². The maximum atomic E-state index is 10.6. The van der Waals surface area contributed by atoms with E-state index in [0.717, 1.165) is 12.5 Å². The van der Waals surface area contributed by atoms with E-state index in [1.165, 1.54) is 62.9 Å². The number of hydrogen-bond acceptors (Lipinski definition) is 5. The normalized spacial score (nSPS) is 20.1. The number of hydrogen-bond donors (Lipinski definition) is 3. The summed E-state index contributed by atoms with van der Waals surface area (Å²) in [4.78, 5) is 20.5. The molecule has 2 heterocycles. The average molecular weight is 579 g/mol. The highest BCUT2D eigenvalue weighted by Gasteiger charge is 2.45. The van der Waals surface area contributed by atoms with E-state index in [-0.39, 0.29) is 0 Å². The number of piperidine rings is 1. The number of nitrogens with zero attached hydrogens (tertiary/aromatic N) is 3. The molecule has 1 aliphatic heterocycles. The van der Waals surface area contributed by atoms with Crippen LogP contribution in [0.25, 0.3) is 0 Å². The molecule has 1 spiro atoms. The Bertz CT molecular complexity index is 1130. The zero-order valence-electron chi connectivity index (χ0n) is 21.8. The minimum absolute atomic E-state index is 0.392. The molecule has 1 aromatic heterocycles. The molecule has 40 heavy (non-hydrogen) atoms. The van der Waals surface area contributed by atoms with Crippen molar-refractivity contribution in [1.82, 2.24) is 20.0 Å². The molecule has 0 amide bonds. The van der Waals surface area contributed by atoms with Crippen molar-refractivity contribution in [3.63, 3.8) is 0 Å². The van der Waals surface area contributed by atoms with Gasteiger partial charge in [-0.15, -0.1) is 0 Å². The highest BCUT2D eigenvalue weighted by Crippen LogP contribution is 2.51. The molecular formula is C26H32F6N4O4. The number of halogens is 6. The molecule has 1 saturated heterocycles. The minimum Gasteiger partial charge on any atom is -0.475 e. The number of aryl methyl sites for hydroxylation is 1. The Morgan fingerprint density at radius 1 is 1.02 bits per heavy atom. The third-order valence-electron chi connectivity index (χ3n) is 7.32. The molecule has 1 unspecified atom stereocenters. The maximum absolute atomic E-state index is 10.6. The fourth-order valence-electron chi connectivity index (χ4n) is 5.18. The van der Waals surface area contributed by atoms with Crippen LogP contribution in [0, 0.1) is 5.92 Å². The molecule has 2 aliphatic carbocycles. The second-order valence-electron chi connectivity index (χ2n) is 10.4. The number of carboxylic acids is 2. The number of carboxylic acid groups (broad SMARTS) is 2. The lowest BCUT2D eigenvalue weighted by Gasteiger charge is -2.40. The van der Waals surface area contributed by atoms with E-state index < -0.39 is 24.3 Å². The monoisotopic (exact) mass is 578 g/mol. The van der Waals surface area contributed by atoms with Gasteiger partial charge in [0, 0.05) is 37.9 Å². The molecule has 1 aromatic carbocycles. The number of aromatic nitrogens is 2. The van der Waals surface area contributed by atoms with Crippen LogP contribution in [0.1, 0.15) is 54.8 Å². The Morgan fingerprint density at radius 2 is 1.57 bits per heavy atom. The Morgan fingerprint density at radius 3 is 2.05 bits per heavy atom. The maximum Gasteiger partial charge on any atom is 0.490 e. The largest absolute Gasteiger partial charge is 0.490 e. The molecular weight excluding hydrogens is 546 g/mol. The highest BCUT2D eigenvalue weighted by molar-refractivity contribution is 5.73. The molecule has 1 atom stereocenters. The van der Waals surface area contributed by atoms with Gasteiger partial charge in [-0.2, -0.15) is 31.4 Å². The molecule has 3 aliphatic rings. The van der Waals surface area contributed by atoms with Crippen LogP contribution in [0.4, 0.5) is 26.3 Å². The van der Waals surface area contributed by atoms with E-state index in [4.69, 9.17) is 19.8 Å². The summed E-state index contributed by atoms with van der Waals surface area (Å²) in [5.41, 5.74) is 4.82. The standard InChI is InChI=1S/C22H30N4.2C2HF3O2/c1-25-15-18(14-24-25)13-23-21-12-22(20-5-3-2-4-19(20)21)8-10-26(11-9-22)16-17-6-7-17;2*3-2(4,5)1(6)7/h2-5,14-15,17,21,23H,6-13,16H2,1H3;2*(H,6,7). The molecule has 2 aromatic rings. The molecule has 222 valence electrons.